The summed E-state index contributed by atoms with van der Waals surface area (Å²) < 4.78 is 4.92. The van der Waals surface area contributed by atoms with Crippen LogP contribution >= 0.6 is 11.8 Å². The van der Waals surface area contributed by atoms with Gasteiger partial charge in [-0.2, -0.15) is 0 Å². The van der Waals surface area contributed by atoms with E-state index in [0.717, 1.165) is 17.5 Å². The Hall–Kier alpha value is -1.04. The van der Waals surface area contributed by atoms with Crippen molar-refractivity contribution in [1.82, 2.24) is 4.90 Å². The van der Waals surface area contributed by atoms with Gasteiger partial charge in [0.25, 0.3) is 0 Å². The molecule has 1 saturated heterocycles. The highest BCUT2D eigenvalue weighted by atomic mass is 32.2. The van der Waals surface area contributed by atoms with Gasteiger partial charge in [-0.3, -0.25) is 19.5 Å². The van der Waals surface area contributed by atoms with Gasteiger partial charge in [0.15, 0.2) is 5.17 Å². The Labute approximate surface area is 98.2 Å². The summed E-state index contributed by atoms with van der Waals surface area (Å²) in [5.74, 6) is 0.299. The number of hydrogen-bond donors (Lipinski definition) is 0. The molecule has 0 spiro atoms. The molecule has 0 N–H and O–H groups in total. The fourth-order valence-corrected chi connectivity index (χ4v) is 2.68. The topological polar surface area (TPSA) is 59.0 Å². The van der Waals surface area contributed by atoms with Gasteiger partial charge < -0.3 is 4.74 Å². The van der Waals surface area contributed by atoms with E-state index in [1.807, 2.05) is 0 Å². The molecule has 6 heteroatoms. The van der Waals surface area contributed by atoms with Gasteiger partial charge in [0.1, 0.15) is 0 Å². The SMILES string of the molecule is CCOC(=O)C1CC(=O)N(C2=NCCS2)C1. The van der Waals surface area contributed by atoms with Crippen LogP contribution < -0.4 is 0 Å². The average molecular weight is 242 g/mol. The highest BCUT2D eigenvalue weighted by Crippen LogP contribution is 2.25. The summed E-state index contributed by atoms with van der Waals surface area (Å²) in [4.78, 5) is 29.1. The third kappa shape index (κ3) is 2.21. The van der Waals surface area contributed by atoms with E-state index >= 15 is 0 Å². The zero-order chi connectivity index (χ0) is 11.5. The molecule has 0 aromatic heterocycles. The van der Waals surface area contributed by atoms with Gasteiger partial charge in [0.2, 0.25) is 5.91 Å². The first-order valence-corrected chi connectivity index (χ1v) is 6.35. The van der Waals surface area contributed by atoms with Gasteiger partial charge in [-0.1, -0.05) is 11.8 Å². The number of amidine groups is 1. The highest BCUT2D eigenvalue weighted by molar-refractivity contribution is 8.14. The lowest BCUT2D eigenvalue weighted by molar-refractivity contribution is -0.147. The van der Waals surface area contributed by atoms with Crippen LogP contribution in [0, 0.1) is 5.92 Å². The van der Waals surface area contributed by atoms with Gasteiger partial charge in [0, 0.05) is 18.7 Å². The van der Waals surface area contributed by atoms with Gasteiger partial charge in [-0.05, 0) is 6.92 Å². The molecule has 0 aromatic carbocycles. The van der Waals surface area contributed by atoms with Crippen molar-refractivity contribution in [1.29, 1.82) is 0 Å². The molecular formula is C10H14N2O3S. The van der Waals surface area contributed by atoms with Crippen molar-refractivity contribution in [2.24, 2.45) is 10.9 Å². The van der Waals surface area contributed by atoms with E-state index < -0.39 is 0 Å². The molecule has 1 fully saturated rings. The maximum absolute atomic E-state index is 11.7. The Bertz CT molecular complexity index is 343. The van der Waals surface area contributed by atoms with Crippen molar-refractivity contribution in [3.05, 3.63) is 0 Å². The number of likely N-dealkylation sites (tertiary alicyclic amines) is 1. The van der Waals surface area contributed by atoms with Gasteiger partial charge in [-0.25, -0.2) is 0 Å². The summed E-state index contributed by atoms with van der Waals surface area (Å²) in [6, 6.07) is 0. The number of amides is 1. The van der Waals surface area contributed by atoms with Crippen LogP contribution in [0.3, 0.4) is 0 Å². The minimum atomic E-state index is -0.323. The van der Waals surface area contributed by atoms with E-state index in [1.165, 1.54) is 0 Å². The molecule has 0 aliphatic carbocycles. The first kappa shape index (κ1) is 11.4. The first-order chi connectivity index (χ1) is 7.72. The van der Waals surface area contributed by atoms with E-state index in [-0.39, 0.29) is 24.2 Å². The van der Waals surface area contributed by atoms with E-state index in [4.69, 9.17) is 4.74 Å². The Balaban J connectivity index is 1.98. The highest BCUT2D eigenvalue weighted by Gasteiger charge is 2.38. The standard InChI is InChI=1S/C10H14N2O3S/c1-2-15-9(14)7-5-8(13)12(6-7)10-11-3-4-16-10/h7H,2-6H2,1H3. The fraction of sp³-hybridized carbons (Fsp3) is 0.700. The molecule has 5 nitrogen and oxygen atoms in total. The quantitative estimate of drug-likeness (QED) is 0.662. The number of nitrogens with zero attached hydrogens (tertiary/aromatic N) is 2. The Morgan fingerprint density at radius 1 is 1.69 bits per heavy atom. The minimum Gasteiger partial charge on any atom is -0.466 e. The zero-order valence-electron chi connectivity index (χ0n) is 9.14. The molecule has 0 saturated carbocycles. The van der Waals surface area contributed by atoms with E-state index in [2.05, 4.69) is 4.99 Å². The number of rotatable bonds is 2. The smallest absolute Gasteiger partial charge is 0.311 e. The molecule has 2 aliphatic heterocycles. The maximum Gasteiger partial charge on any atom is 0.311 e. The van der Waals surface area contributed by atoms with Crippen LogP contribution in [0.25, 0.3) is 0 Å². The van der Waals surface area contributed by atoms with Crippen LogP contribution in [0.15, 0.2) is 4.99 Å². The molecule has 2 heterocycles. The fourth-order valence-electron chi connectivity index (χ4n) is 1.80. The molecule has 2 rings (SSSR count). The largest absolute Gasteiger partial charge is 0.466 e. The lowest BCUT2D eigenvalue weighted by atomic mass is 10.1. The zero-order valence-corrected chi connectivity index (χ0v) is 9.96. The van der Waals surface area contributed by atoms with Crippen LogP contribution in [0.4, 0.5) is 0 Å². The van der Waals surface area contributed by atoms with Crippen molar-refractivity contribution in [3.63, 3.8) is 0 Å². The second-order valence-electron chi connectivity index (χ2n) is 3.67. The molecular weight excluding hydrogens is 228 g/mol. The van der Waals surface area contributed by atoms with Crippen LogP contribution in [-0.2, 0) is 14.3 Å². The Morgan fingerprint density at radius 2 is 2.50 bits per heavy atom. The third-order valence-electron chi connectivity index (χ3n) is 2.55. The number of carbonyl (C=O) groups is 2. The average Bonchev–Trinajstić information content (AvgIpc) is 2.86. The molecule has 2 aliphatic rings. The number of ether oxygens (including phenoxy) is 1. The Kier molecular flexibility index (Phi) is 3.48. The number of thioether (sulfide) groups is 1. The van der Waals surface area contributed by atoms with Crippen molar-refractivity contribution in [3.8, 4) is 0 Å². The molecule has 88 valence electrons. The van der Waals surface area contributed by atoms with Crippen molar-refractivity contribution in [2.45, 2.75) is 13.3 Å². The van der Waals surface area contributed by atoms with E-state index in [0.29, 0.717) is 13.2 Å². The van der Waals surface area contributed by atoms with Crippen LogP contribution in [0.2, 0.25) is 0 Å². The van der Waals surface area contributed by atoms with Gasteiger partial charge in [-0.15, -0.1) is 0 Å². The number of hydrogen-bond acceptors (Lipinski definition) is 5. The van der Waals surface area contributed by atoms with Gasteiger partial charge in [0.05, 0.1) is 19.1 Å². The summed E-state index contributed by atoms with van der Waals surface area (Å²) in [5.41, 5.74) is 0. The summed E-state index contributed by atoms with van der Waals surface area (Å²) in [7, 11) is 0. The predicted octanol–water partition coefficient (Wildman–Crippen LogP) is 0.501. The summed E-state index contributed by atoms with van der Waals surface area (Å²) in [6.07, 6.45) is 0.248. The van der Waals surface area contributed by atoms with Crippen LogP contribution in [-0.4, -0.2) is 47.4 Å². The second kappa shape index (κ2) is 4.86. The van der Waals surface area contributed by atoms with Gasteiger partial charge >= 0.3 is 5.97 Å². The molecule has 0 aromatic rings. The van der Waals surface area contributed by atoms with E-state index in [1.54, 1.807) is 23.6 Å². The molecule has 1 atom stereocenters. The normalized spacial score (nSPS) is 24.8. The molecule has 1 unspecified atom stereocenters. The molecule has 1 amide bonds. The lowest BCUT2D eigenvalue weighted by Crippen LogP contribution is -2.30. The van der Waals surface area contributed by atoms with Crippen LogP contribution in [0.5, 0.6) is 0 Å². The summed E-state index contributed by atoms with van der Waals surface area (Å²) in [5, 5.41) is 0.761. The van der Waals surface area contributed by atoms with Crippen molar-refractivity contribution in [2.75, 3.05) is 25.4 Å². The van der Waals surface area contributed by atoms with Crippen molar-refractivity contribution >= 4 is 28.8 Å². The number of aliphatic imine (C=N–C) groups is 1. The number of esters is 1. The van der Waals surface area contributed by atoms with Crippen LogP contribution in [0.1, 0.15) is 13.3 Å². The molecule has 0 radical (unpaired) electrons. The lowest BCUT2D eigenvalue weighted by Gasteiger charge is -2.14. The molecule has 0 bridgehead atoms. The maximum atomic E-state index is 11.7. The minimum absolute atomic E-state index is 0.0220. The predicted molar refractivity (Wildman–Crippen MR) is 61.2 cm³/mol. The third-order valence-corrected chi connectivity index (χ3v) is 3.54. The summed E-state index contributed by atoms with van der Waals surface area (Å²) >= 11 is 1.57. The number of carbonyl (C=O) groups excluding carboxylic acids is 2. The van der Waals surface area contributed by atoms with E-state index in [9.17, 15) is 9.59 Å². The monoisotopic (exact) mass is 242 g/mol. The first-order valence-electron chi connectivity index (χ1n) is 5.36. The Morgan fingerprint density at radius 3 is 3.12 bits per heavy atom. The summed E-state index contributed by atoms with van der Waals surface area (Å²) in [6.45, 7) is 3.31. The van der Waals surface area contributed by atoms with Crippen molar-refractivity contribution < 1.29 is 14.3 Å². The molecule has 16 heavy (non-hydrogen) atoms. The second-order valence-corrected chi connectivity index (χ2v) is 4.73.